The van der Waals surface area contributed by atoms with Crippen molar-refractivity contribution < 1.29 is 4.79 Å². The van der Waals surface area contributed by atoms with E-state index < -0.39 is 0 Å². The van der Waals surface area contributed by atoms with Crippen LogP contribution >= 0.6 is 0 Å². The van der Waals surface area contributed by atoms with Crippen molar-refractivity contribution in [3.8, 4) is 0 Å². The van der Waals surface area contributed by atoms with Crippen LogP contribution < -0.4 is 0 Å². The van der Waals surface area contributed by atoms with Crippen molar-refractivity contribution in [1.29, 1.82) is 0 Å². The fraction of sp³-hybridized carbons (Fsp3) is 0.111. The van der Waals surface area contributed by atoms with Crippen LogP contribution in [-0.2, 0) is 11.2 Å². The molecule has 0 aliphatic carbocycles. The molecule has 1 heterocycles. The molecule has 0 spiro atoms. The summed E-state index contributed by atoms with van der Waals surface area (Å²) in [6.45, 7) is 0. The van der Waals surface area contributed by atoms with Crippen LogP contribution in [0.3, 0.4) is 0 Å². The number of fused-ring (bicyclic) bond motifs is 1. The molecule has 0 unspecified atom stereocenters. The maximum absolute atomic E-state index is 10.3. The van der Waals surface area contributed by atoms with Crippen LogP contribution in [0.5, 0.6) is 0 Å². The van der Waals surface area contributed by atoms with Gasteiger partial charge in [-0.3, -0.25) is 4.79 Å². The first-order chi connectivity index (χ1) is 5.40. The standard InChI is InChI=1S/C9H7NO/c11-6-8-5-7-3-1-2-4-9(7)10-8/h1-4,6H,5H2. The van der Waals surface area contributed by atoms with Gasteiger partial charge < -0.3 is 0 Å². The maximum Gasteiger partial charge on any atom is 0.164 e. The Labute approximate surface area is 64.6 Å². The highest BCUT2D eigenvalue weighted by Gasteiger charge is 2.11. The second kappa shape index (κ2) is 2.31. The van der Waals surface area contributed by atoms with E-state index >= 15 is 0 Å². The summed E-state index contributed by atoms with van der Waals surface area (Å²) in [5.74, 6) is 0. The van der Waals surface area contributed by atoms with Crippen molar-refractivity contribution in [2.45, 2.75) is 6.42 Å². The van der Waals surface area contributed by atoms with Crippen molar-refractivity contribution in [3.05, 3.63) is 29.8 Å². The Kier molecular flexibility index (Phi) is 1.32. The normalized spacial score (nSPS) is 14.0. The number of carbonyl (C=O) groups excluding carboxylic acids is 1. The van der Waals surface area contributed by atoms with E-state index in [1.54, 1.807) is 0 Å². The lowest BCUT2D eigenvalue weighted by atomic mass is 10.1. The Bertz CT molecular complexity index is 328. The van der Waals surface area contributed by atoms with Crippen molar-refractivity contribution in [2.75, 3.05) is 0 Å². The molecule has 54 valence electrons. The predicted octanol–water partition coefficient (Wildman–Crippen LogP) is 1.51. The van der Waals surface area contributed by atoms with Crippen LogP contribution in [0.4, 0.5) is 5.69 Å². The third-order valence-corrected chi connectivity index (χ3v) is 1.76. The van der Waals surface area contributed by atoms with E-state index in [0.717, 1.165) is 17.5 Å². The zero-order valence-electron chi connectivity index (χ0n) is 5.95. The molecule has 1 aromatic carbocycles. The first-order valence-corrected chi connectivity index (χ1v) is 3.51. The second-order valence-electron chi connectivity index (χ2n) is 2.53. The van der Waals surface area contributed by atoms with E-state index in [0.29, 0.717) is 12.1 Å². The SMILES string of the molecule is O=CC1=Nc2ccccc2C1. The van der Waals surface area contributed by atoms with E-state index in [1.807, 2.05) is 24.3 Å². The molecule has 2 nitrogen and oxygen atoms in total. The number of aldehydes is 1. The average molecular weight is 145 g/mol. The molecule has 0 saturated carbocycles. The molecular weight excluding hydrogens is 138 g/mol. The lowest BCUT2D eigenvalue weighted by Crippen LogP contribution is -1.97. The molecule has 1 aromatic rings. The Hall–Kier alpha value is -1.44. The summed E-state index contributed by atoms with van der Waals surface area (Å²) in [5, 5.41) is 0. The molecule has 0 amide bonds. The van der Waals surface area contributed by atoms with Gasteiger partial charge in [-0.1, -0.05) is 18.2 Å². The first-order valence-electron chi connectivity index (χ1n) is 3.51. The van der Waals surface area contributed by atoms with Gasteiger partial charge in [0, 0.05) is 6.42 Å². The zero-order chi connectivity index (χ0) is 7.68. The zero-order valence-corrected chi connectivity index (χ0v) is 5.95. The van der Waals surface area contributed by atoms with Gasteiger partial charge in [0.1, 0.15) is 0 Å². The molecule has 1 aliphatic rings. The van der Waals surface area contributed by atoms with Gasteiger partial charge in [0.05, 0.1) is 11.4 Å². The van der Waals surface area contributed by atoms with Crippen LogP contribution in [0.2, 0.25) is 0 Å². The molecule has 0 bridgehead atoms. The molecule has 1 aliphatic heterocycles. The topological polar surface area (TPSA) is 29.4 Å². The molecule has 0 atom stereocenters. The molecule has 2 heteroatoms. The number of rotatable bonds is 1. The van der Waals surface area contributed by atoms with Gasteiger partial charge in [-0.2, -0.15) is 0 Å². The van der Waals surface area contributed by atoms with E-state index in [1.165, 1.54) is 0 Å². The van der Waals surface area contributed by atoms with E-state index in [9.17, 15) is 4.79 Å². The third kappa shape index (κ3) is 0.963. The Morgan fingerprint density at radius 1 is 1.36 bits per heavy atom. The Balaban J connectivity index is 2.47. The van der Waals surface area contributed by atoms with Crippen LogP contribution in [0.1, 0.15) is 5.56 Å². The van der Waals surface area contributed by atoms with Crippen LogP contribution in [-0.4, -0.2) is 12.0 Å². The molecule has 0 radical (unpaired) electrons. The van der Waals surface area contributed by atoms with Gasteiger partial charge in [0.2, 0.25) is 0 Å². The number of aliphatic imine (C=N–C) groups is 1. The summed E-state index contributed by atoms with van der Waals surface area (Å²) in [6, 6.07) is 7.80. The van der Waals surface area contributed by atoms with Gasteiger partial charge in [-0.25, -0.2) is 4.99 Å². The maximum atomic E-state index is 10.3. The predicted molar refractivity (Wildman–Crippen MR) is 43.3 cm³/mol. The lowest BCUT2D eigenvalue weighted by Gasteiger charge is -1.91. The first kappa shape index (κ1) is 6.28. The van der Waals surface area contributed by atoms with Crippen molar-refractivity contribution in [3.63, 3.8) is 0 Å². The van der Waals surface area contributed by atoms with Gasteiger partial charge in [-0.15, -0.1) is 0 Å². The highest BCUT2D eigenvalue weighted by Crippen LogP contribution is 2.24. The van der Waals surface area contributed by atoms with Gasteiger partial charge >= 0.3 is 0 Å². The Morgan fingerprint density at radius 2 is 2.18 bits per heavy atom. The summed E-state index contributed by atoms with van der Waals surface area (Å²) in [6.07, 6.45) is 1.51. The minimum atomic E-state index is 0.631. The molecule has 11 heavy (non-hydrogen) atoms. The minimum Gasteiger partial charge on any atom is -0.297 e. The molecule has 0 N–H and O–H groups in total. The van der Waals surface area contributed by atoms with E-state index in [4.69, 9.17) is 0 Å². The number of benzene rings is 1. The number of hydrogen-bond donors (Lipinski definition) is 0. The monoisotopic (exact) mass is 145 g/mol. The van der Waals surface area contributed by atoms with Crippen molar-refractivity contribution >= 4 is 17.7 Å². The van der Waals surface area contributed by atoms with E-state index in [2.05, 4.69) is 4.99 Å². The lowest BCUT2D eigenvalue weighted by molar-refractivity contribution is -0.102. The van der Waals surface area contributed by atoms with Crippen LogP contribution in [0.15, 0.2) is 29.3 Å². The van der Waals surface area contributed by atoms with Gasteiger partial charge in [-0.05, 0) is 11.6 Å². The van der Waals surface area contributed by atoms with Crippen molar-refractivity contribution in [1.82, 2.24) is 0 Å². The van der Waals surface area contributed by atoms with Crippen molar-refractivity contribution in [2.24, 2.45) is 4.99 Å². The Morgan fingerprint density at radius 3 is 2.91 bits per heavy atom. The third-order valence-electron chi connectivity index (χ3n) is 1.76. The summed E-state index contributed by atoms with van der Waals surface area (Å²) in [5.41, 5.74) is 2.72. The fourth-order valence-corrected chi connectivity index (χ4v) is 1.23. The quantitative estimate of drug-likeness (QED) is 0.551. The molecular formula is C9H7NO. The highest BCUT2D eigenvalue weighted by molar-refractivity contribution is 6.31. The van der Waals surface area contributed by atoms with E-state index in [-0.39, 0.29) is 0 Å². The van der Waals surface area contributed by atoms with Crippen LogP contribution in [0.25, 0.3) is 0 Å². The number of para-hydroxylation sites is 1. The molecule has 0 saturated heterocycles. The molecule has 0 fully saturated rings. The fourth-order valence-electron chi connectivity index (χ4n) is 1.23. The summed E-state index contributed by atoms with van der Waals surface area (Å²) in [4.78, 5) is 14.5. The largest absolute Gasteiger partial charge is 0.297 e. The number of nitrogens with zero attached hydrogens (tertiary/aromatic N) is 1. The van der Waals surface area contributed by atoms with Gasteiger partial charge in [0.15, 0.2) is 6.29 Å². The minimum absolute atomic E-state index is 0.631. The van der Waals surface area contributed by atoms with Crippen LogP contribution in [0, 0.1) is 0 Å². The van der Waals surface area contributed by atoms with Gasteiger partial charge in [0.25, 0.3) is 0 Å². The number of carbonyl (C=O) groups is 1. The molecule has 2 rings (SSSR count). The second-order valence-corrected chi connectivity index (χ2v) is 2.53. The summed E-state index contributed by atoms with van der Waals surface area (Å²) >= 11 is 0. The summed E-state index contributed by atoms with van der Waals surface area (Å²) < 4.78 is 0. The highest BCUT2D eigenvalue weighted by atomic mass is 16.1. The summed E-state index contributed by atoms with van der Waals surface area (Å²) in [7, 11) is 0. The average Bonchev–Trinajstić information content (AvgIpc) is 2.46. The smallest absolute Gasteiger partial charge is 0.164 e. The molecule has 0 aromatic heterocycles. The number of hydrogen-bond acceptors (Lipinski definition) is 2.